The lowest BCUT2D eigenvalue weighted by molar-refractivity contribution is 0.287. The molecule has 2 aromatic rings. The van der Waals surface area contributed by atoms with Crippen molar-refractivity contribution in [3.63, 3.8) is 0 Å². The van der Waals surface area contributed by atoms with Gasteiger partial charge < -0.3 is 10.5 Å². The molecule has 0 radical (unpaired) electrons. The molecule has 0 aliphatic carbocycles. The van der Waals surface area contributed by atoms with Crippen LogP contribution in [0.1, 0.15) is 43.3 Å². The van der Waals surface area contributed by atoms with Gasteiger partial charge in [-0.15, -0.1) is 0 Å². The molecular weight excluding hydrogens is 250 g/mol. The Morgan fingerprint density at radius 2 is 2.05 bits per heavy atom. The first kappa shape index (κ1) is 14.6. The second kappa shape index (κ2) is 6.57. The van der Waals surface area contributed by atoms with Crippen LogP contribution in [-0.2, 0) is 13.2 Å². The van der Waals surface area contributed by atoms with E-state index in [1.807, 2.05) is 35.9 Å². The van der Waals surface area contributed by atoms with Gasteiger partial charge in [-0.05, 0) is 32.4 Å². The topological polar surface area (TPSA) is 53.1 Å². The lowest BCUT2D eigenvalue weighted by atomic mass is 10.0. The zero-order chi connectivity index (χ0) is 14.5. The molecule has 0 saturated carbocycles. The van der Waals surface area contributed by atoms with Crippen LogP contribution in [0.3, 0.4) is 0 Å². The third-order valence-corrected chi connectivity index (χ3v) is 3.42. The minimum absolute atomic E-state index is 0.0176. The quantitative estimate of drug-likeness (QED) is 0.879. The second-order valence-electron chi connectivity index (χ2n) is 4.93. The summed E-state index contributed by atoms with van der Waals surface area (Å²) < 4.78 is 7.93. The van der Waals surface area contributed by atoms with Gasteiger partial charge in [0.15, 0.2) is 0 Å². The van der Waals surface area contributed by atoms with Crippen LogP contribution < -0.4 is 10.5 Å². The van der Waals surface area contributed by atoms with E-state index in [9.17, 15) is 0 Å². The third kappa shape index (κ3) is 3.20. The number of nitrogens with two attached hydrogens (primary N) is 1. The Labute approximate surface area is 120 Å². The maximum Gasteiger partial charge on any atom is 0.130 e. The average Bonchev–Trinajstić information content (AvgIpc) is 2.84. The van der Waals surface area contributed by atoms with E-state index in [1.165, 1.54) is 0 Å². The normalized spacial score (nSPS) is 12.4. The zero-order valence-electron chi connectivity index (χ0n) is 12.5. The molecule has 0 bridgehead atoms. The zero-order valence-corrected chi connectivity index (χ0v) is 12.5. The summed E-state index contributed by atoms with van der Waals surface area (Å²) in [6.07, 6.45) is 0.895. The van der Waals surface area contributed by atoms with Gasteiger partial charge in [0.25, 0.3) is 0 Å². The van der Waals surface area contributed by atoms with Crippen LogP contribution in [-0.4, -0.2) is 9.78 Å². The number of nitrogens with zero attached hydrogens (tertiary/aromatic N) is 2. The summed E-state index contributed by atoms with van der Waals surface area (Å²) in [6.45, 7) is 7.52. The molecule has 1 aromatic carbocycles. The van der Waals surface area contributed by atoms with Gasteiger partial charge in [-0.1, -0.05) is 25.1 Å². The van der Waals surface area contributed by atoms with Crippen LogP contribution in [0.15, 0.2) is 30.3 Å². The molecular formula is C16H23N3O. The van der Waals surface area contributed by atoms with Crippen molar-refractivity contribution in [1.82, 2.24) is 9.78 Å². The molecule has 108 valence electrons. The predicted octanol–water partition coefficient (Wildman–Crippen LogP) is 3.20. The molecule has 0 amide bonds. The van der Waals surface area contributed by atoms with Gasteiger partial charge in [-0.2, -0.15) is 5.10 Å². The Morgan fingerprint density at radius 3 is 2.75 bits per heavy atom. The summed E-state index contributed by atoms with van der Waals surface area (Å²) in [5.74, 6) is 0.864. The Kier molecular flexibility index (Phi) is 4.79. The Hall–Kier alpha value is -1.81. The molecule has 1 aromatic heterocycles. The lowest BCUT2D eigenvalue weighted by Crippen LogP contribution is -2.12. The molecule has 2 N–H and O–H groups in total. The number of benzene rings is 1. The molecule has 1 heterocycles. The van der Waals surface area contributed by atoms with Crippen LogP contribution in [0.5, 0.6) is 5.75 Å². The SMILES string of the molecule is CC[C@@H](N)c1ccccc1OCc1cc(C)nn1CC. The standard InChI is InChI=1S/C16H23N3O/c1-4-15(17)14-8-6-7-9-16(14)20-11-13-10-12(3)18-19(13)5-2/h6-10,15H,4-5,11,17H2,1-3H3/t15-/m1/s1. The molecule has 20 heavy (non-hydrogen) atoms. The Morgan fingerprint density at radius 1 is 1.30 bits per heavy atom. The molecule has 4 heteroatoms. The first-order valence-electron chi connectivity index (χ1n) is 7.16. The van der Waals surface area contributed by atoms with Gasteiger partial charge in [-0.25, -0.2) is 0 Å². The largest absolute Gasteiger partial charge is 0.487 e. The van der Waals surface area contributed by atoms with Gasteiger partial charge in [0.1, 0.15) is 12.4 Å². The summed E-state index contributed by atoms with van der Waals surface area (Å²) in [6, 6.07) is 10.1. The van der Waals surface area contributed by atoms with Crippen molar-refractivity contribution >= 4 is 0 Å². The first-order valence-corrected chi connectivity index (χ1v) is 7.16. The van der Waals surface area contributed by atoms with E-state index in [4.69, 9.17) is 10.5 Å². The van der Waals surface area contributed by atoms with E-state index in [0.29, 0.717) is 6.61 Å². The van der Waals surface area contributed by atoms with Crippen molar-refractivity contribution in [3.8, 4) is 5.75 Å². The van der Waals surface area contributed by atoms with E-state index in [-0.39, 0.29) is 6.04 Å². The smallest absolute Gasteiger partial charge is 0.130 e. The van der Waals surface area contributed by atoms with Gasteiger partial charge in [0.05, 0.1) is 11.4 Å². The Bertz CT molecular complexity index is 563. The molecule has 0 aliphatic heterocycles. The maximum atomic E-state index is 6.13. The molecule has 0 saturated heterocycles. The molecule has 0 unspecified atom stereocenters. The summed E-state index contributed by atoms with van der Waals surface area (Å²) in [4.78, 5) is 0. The van der Waals surface area contributed by atoms with Crippen LogP contribution in [0.25, 0.3) is 0 Å². The summed E-state index contributed by atoms with van der Waals surface area (Å²) in [5, 5.41) is 4.43. The minimum atomic E-state index is 0.0176. The van der Waals surface area contributed by atoms with Crippen molar-refractivity contribution < 1.29 is 4.74 Å². The second-order valence-corrected chi connectivity index (χ2v) is 4.93. The highest BCUT2D eigenvalue weighted by molar-refractivity contribution is 5.35. The molecule has 0 spiro atoms. The first-order chi connectivity index (χ1) is 9.65. The fraction of sp³-hybridized carbons (Fsp3) is 0.438. The van der Waals surface area contributed by atoms with E-state index in [1.54, 1.807) is 0 Å². The molecule has 2 rings (SSSR count). The van der Waals surface area contributed by atoms with Crippen LogP contribution in [0, 0.1) is 6.92 Å². The third-order valence-electron chi connectivity index (χ3n) is 3.42. The average molecular weight is 273 g/mol. The van der Waals surface area contributed by atoms with Crippen molar-refractivity contribution in [2.45, 2.75) is 46.4 Å². The number of hydrogen-bond acceptors (Lipinski definition) is 3. The van der Waals surface area contributed by atoms with Crippen molar-refractivity contribution in [3.05, 3.63) is 47.3 Å². The lowest BCUT2D eigenvalue weighted by Gasteiger charge is -2.15. The fourth-order valence-electron chi connectivity index (χ4n) is 2.28. The summed E-state index contributed by atoms with van der Waals surface area (Å²) in [5.41, 5.74) is 9.30. The van der Waals surface area contributed by atoms with Crippen LogP contribution >= 0.6 is 0 Å². The van der Waals surface area contributed by atoms with Crippen molar-refractivity contribution in [2.24, 2.45) is 5.73 Å². The highest BCUT2D eigenvalue weighted by atomic mass is 16.5. The molecule has 4 nitrogen and oxygen atoms in total. The highest BCUT2D eigenvalue weighted by Crippen LogP contribution is 2.26. The van der Waals surface area contributed by atoms with Gasteiger partial charge in [-0.3, -0.25) is 4.68 Å². The number of ether oxygens (including phenoxy) is 1. The monoisotopic (exact) mass is 273 g/mol. The molecule has 0 fully saturated rings. The number of hydrogen-bond donors (Lipinski definition) is 1. The van der Waals surface area contributed by atoms with Crippen molar-refractivity contribution in [2.75, 3.05) is 0 Å². The van der Waals surface area contributed by atoms with E-state index < -0.39 is 0 Å². The summed E-state index contributed by atoms with van der Waals surface area (Å²) >= 11 is 0. The maximum absolute atomic E-state index is 6.13. The van der Waals surface area contributed by atoms with E-state index >= 15 is 0 Å². The van der Waals surface area contributed by atoms with Crippen LogP contribution in [0.2, 0.25) is 0 Å². The number of aromatic nitrogens is 2. The molecule has 1 atom stereocenters. The van der Waals surface area contributed by atoms with Gasteiger partial charge >= 0.3 is 0 Å². The van der Waals surface area contributed by atoms with Crippen LogP contribution in [0.4, 0.5) is 0 Å². The predicted molar refractivity (Wildman–Crippen MR) is 80.6 cm³/mol. The van der Waals surface area contributed by atoms with E-state index in [2.05, 4.69) is 25.0 Å². The minimum Gasteiger partial charge on any atom is -0.487 e. The van der Waals surface area contributed by atoms with E-state index in [0.717, 1.165) is 35.7 Å². The van der Waals surface area contributed by atoms with Gasteiger partial charge in [0, 0.05) is 18.2 Å². The number of aryl methyl sites for hydroxylation is 2. The van der Waals surface area contributed by atoms with Gasteiger partial charge in [0.2, 0.25) is 0 Å². The fourth-order valence-corrected chi connectivity index (χ4v) is 2.28. The molecule has 0 aliphatic rings. The highest BCUT2D eigenvalue weighted by Gasteiger charge is 2.11. The number of para-hydroxylation sites is 1. The summed E-state index contributed by atoms with van der Waals surface area (Å²) in [7, 11) is 0. The Balaban J connectivity index is 2.14. The number of rotatable bonds is 6. The van der Waals surface area contributed by atoms with Crippen molar-refractivity contribution in [1.29, 1.82) is 0 Å².